The van der Waals surface area contributed by atoms with E-state index in [1.54, 1.807) is 4.90 Å². The van der Waals surface area contributed by atoms with Crippen LogP contribution in [-0.2, 0) is 9.84 Å². The maximum atomic E-state index is 13.5. The highest BCUT2D eigenvalue weighted by molar-refractivity contribution is 7.91. The number of nitrogens with zero attached hydrogens (tertiary/aromatic N) is 5. The number of benzene rings is 2. The molecule has 0 fully saturated rings. The molecule has 2 heterocycles. The molecule has 0 aliphatic heterocycles. The van der Waals surface area contributed by atoms with Crippen LogP contribution >= 0.6 is 0 Å². The molecule has 2 aromatic heterocycles. The SMILES string of the molecule is CN(C)c1nc2c(S(=O)(=O)c3cccc(F)c3)nnn2c2ccccc12. The molecule has 4 rings (SSSR count). The van der Waals surface area contributed by atoms with E-state index in [1.165, 1.54) is 22.7 Å². The van der Waals surface area contributed by atoms with E-state index in [2.05, 4.69) is 15.3 Å². The Bertz CT molecular complexity index is 1250. The normalized spacial score (nSPS) is 12.0. The number of sulfone groups is 1. The molecule has 0 unspecified atom stereocenters. The minimum Gasteiger partial charge on any atom is -0.362 e. The number of anilines is 1. The van der Waals surface area contributed by atoms with Gasteiger partial charge < -0.3 is 4.90 Å². The Morgan fingerprint density at radius 1 is 1.08 bits per heavy atom. The van der Waals surface area contributed by atoms with E-state index >= 15 is 0 Å². The number of hydrogen-bond donors (Lipinski definition) is 0. The number of fused-ring (bicyclic) bond motifs is 3. The van der Waals surface area contributed by atoms with Crippen LogP contribution in [0.3, 0.4) is 0 Å². The van der Waals surface area contributed by atoms with Crippen molar-refractivity contribution in [1.82, 2.24) is 19.8 Å². The average Bonchev–Trinajstić information content (AvgIpc) is 3.06. The maximum Gasteiger partial charge on any atom is 0.229 e. The summed E-state index contributed by atoms with van der Waals surface area (Å²) in [5.41, 5.74) is 0.769. The van der Waals surface area contributed by atoms with Crippen molar-refractivity contribution < 1.29 is 12.8 Å². The summed E-state index contributed by atoms with van der Waals surface area (Å²) in [6.45, 7) is 0. The molecule has 0 saturated heterocycles. The van der Waals surface area contributed by atoms with Crippen molar-refractivity contribution in [3.63, 3.8) is 0 Å². The van der Waals surface area contributed by atoms with E-state index in [4.69, 9.17) is 0 Å². The van der Waals surface area contributed by atoms with Gasteiger partial charge >= 0.3 is 0 Å². The minimum absolute atomic E-state index is 0.0941. The first-order chi connectivity index (χ1) is 12.4. The molecule has 0 radical (unpaired) electrons. The van der Waals surface area contributed by atoms with E-state index < -0.39 is 15.7 Å². The van der Waals surface area contributed by atoms with Crippen molar-refractivity contribution in [3.05, 3.63) is 54.3 Å². The van der Waals surface area contributed by atoms with Gasteiger partial charge in [-0.3, -0.25) is 0 Å². The van der Waals surface area contributed by atoms with Crippen molar-refractivity contribution in [2.45, 2.75) is 9.92 Å². The summed E-state index contributed by atoms with van der Waals surface area (Å²) in [5.74, 6) is -0.0546. The lowest BCUT2D eigenvalue weighted by atomic mass is 10.2. The van der Waals surface area contributed by atoms with Crippen molar-refractivity contribution in [2.75, 3.05) is 19.0 Å². The number of aromatic nitrogens is 4. The molecular formula is C17H14FN5O2S. The fourth-order valence-corrected chi connectivity index (χ4v) is 4.05. The molecule has 0 N–H and O–H groups in total. The molecule has 9 heteroatoms. The zero-order valence-electron chi connectivity index (χ0n) is 14.0. The van der Waals surface area contributed by atoms with Crippen LogP contribution in [0.2, 0.25) is 0 Å². The maximum absolute atomic E-state index is 13.5. The Kier molecular flexibility index (Phi) is 3.62. The highest BCUT2D eigenvalue weighted by Gasteiger charge is 2.27. The molecule has 26 heavy (non-hydrogen) atoms. The summed E-state index contributed by atoms with van der Waals surface area (Å²) in [7, 11) is -0.441. The first kappa shape index (κ1) is 16.4. The first-order valence-electron chi connectivity index (χ1n) is 7.72. The Balaban J connectivity index is 2.07. The second-order valence-electron chi connectivity index (χ2n) is 5.94. The molecule has 0 spiro atoms. The number of hydrogen-bond acceptors (Lipinski definition) is 6. The van der Waals surface area contributed by atoms with Crippen LogP contribution in [0.5, 0.6) is 0 Å². The Hall–Kier alpha value is -3.07. The lowest BCUT2D eigenvalue weighted by molar-refractivity contribution is 0.587. The van der Waals surface area contributed by atoms with Gasteiger partial charge in [0.1, 0.15) is 11.6 Å². The van der Waals surface area contributed by atoms with Gasteiger partial charge in [0.15, 0.2) is 5.65 Å². The summed E-state index contributed by atoms with van der Waals surface area (Å²) < 4.78 is 40.8. The van der Waals surface area contributed by atoms with Crippen molar-refractivity contribution in [1.29, 1.82) is 0 Å². The van der Waals surface area contributed by atoms with Crippen molar-refractivity contribution in [3.8, 4) is 0 Å². The topological polar surface area (TPSA) is 80.5 Å². The quantitative estimate of drug-likeness (QED) is 0.550. The molecule has 2 aromatic carbocycles. The fraction of sp³-hybridized carbons (Fsp3) is 0.118. The third-order valence-corrected chi connectivity index (χ3v) is 5.63. The molecule has 0 bridgehead atoms. The van der Waals surface area contributed by atoms with Crippen LogP contribution < -0.4 is 4.90 Å². The molecule has 0 aliphatic rings. The van der Waals surface area contributed by atoms with Crippen molar-refractivity contribution >= 4 is 32.2 Å². The predicted molar refractivity (Wildman–Crippen MR) is 94.5 cm³/mol. The van der Waals surface area contributed by atoms with E-state index in [9.17, 15) is 12.8 Å². The minimum atomic E-state index is -4.07. The van der Waals surface area contributed by atoms with E-state index in [0.29, 0.717) is 11.3 Å². The Morgan fingerprint density at radius 2 is 1.85 bits per heavy atom. The largest absolute Gasteiger partial charge is 0.362 e. The summed E-state index contributed by atoms with van der Waals surface area (Å²) in [6.07, 6.45) is 0. The number of rotatable bonds is 3. The fourth-order valence-electron chi connectivity index (χ4n) is 2.79. The zero-order valence-corrected chi connectivity index (χ0v) is 14.8. The molecular weight excluding hydrogens is 357 g/mol. The Morgan fingerprint density at radius 3 is 2.58 bits per heavy atom. The second-order valence-corrected chi connectivity index (χ2v) is 7.80. The van der Waals surface area contributed by atoms with Gasteiger partial charge in [-0.2, -0.15) is 4.52 Å². The van der Waals surface area contributed by atoms with Crippen LogP contribution in [-0.4, -0.2) is 42.3 Å². The van der Waals surface area contributed by atoms with Gasteiger partial charge in [-0.15, -0.1) is 5.10 Å². The molecule has 0 amide bonds. The standard InChI is InChI=1S/C17H14FN5O2S/c1-22(2)15-13-8-3-4-9-14(13)23-16(19-15)17(20-21-23)26(24,25)12-7-5-6-11(18)10-12/h3-10H,1-2H3. The highest BCUT2D eigenvalue weighted by atomic mass is 32.2. The van der Waals surface area contributed by atoms with Gasteiger partial charge in [0.05, 0.1) is 10.4 Å². The third kappa shape index (κ3) is 2.39. The first-order valence-corrected chi connectivity index (χ1v) is 9.20. The van der Waals surface area contributed by atoms with Crippen molar-refractivity contribution in [2.24, 2.45) is 0 Å². The predicted octanol–water partition coefficient (Wildman–Crippen LogP) is 2.32. The molecule has 7 nitrogen and oxygen atoms in total. The van der Waals surface area contributed by atoms with Gasteiger partial charge in [-0.1, -0.05) is 23.4 Å². The average molecular weight is 371 g/mol. The van der Waals surface area contributed by atoms with E-state index in [-0.39, 0.29) is 15.6 Å². The number of halogens is 1. The monoisotopic (exact) mass is 371 g/mol. The summed E-state index contributed by atoms with van der Waals surface area (Å²) in [4.78, 5) is 6.06. The molecule has 0 atom stereocenters. The summed E-state index contributed by atoms with van der Waals surface area (Å²) in [6, 6.07) is 12.2. The molecule has 0 saturated carbocycles. The molecule has 132 valence electrons. The summed E-state index contributed by atoms with van der Waals surface area (Å²) >= 11 is 0. The van der Waals surface area contributed by atoms with E-state index in [1.807, 2.05) is 38.4 Å². The Labute approximate surface area is 148 Å². The van der Waals surface area contributed by atoms with Crippen LogP contribution in [0.25, 0.3) is 16.6 Å². The molecule has 0 aliphatic carbocycles. The van der Waals surface area contributed by atoms with Crippen LogP contribution in [0.1, 0.15) is 0 Å². The lowest BCUT2D eigenvalue weighted by Gasteiger charge is -2.14. The second kappa shape index (κ2) is 5.73. The lowest BCUT2D eigenvalue weighted by Crippen LogP contribution is -2.13. The van der Waals surface area contributed by atoms with Crippen LogP contribution in [0.4, 0.5) is 10.2 Å². The zero-order chi connectivity index (χ0) is 18.5. The van der Waals surface area contributed by atoms with Gasteiger partial charge in [-0.25, -0.2) is 17.8 Å². The molecule has 4 aromatic rings. The summed E-state index contributed by atoms with van der Waals surface area (Å²) in [5, 5.41) is 8.32. The van der Waals surface area contributed by atoms with Gasteiger partial charge in [0.25, 0.3) is 0 Å². The van der Waals surface area contributed by atoms with E-state index in [0.717, 1.165) is 11.5 Å². The van der Waals surface area contributed by atoms with Crippen LogP contribution in [0.15, 0.2) is 58.5 Å². The van der Waals surface area contributed by atoms with Gasteiger partial charge in [0, 0.05) is 19.5 Å². The smallest absolute Gasteiger partial charge is 0.229 e. The number of para-hydroxylation sites is 1. The van der Waals surface area contributed by atoms with Crippen LogP contribution in [0, 0.1) is 5.82 Å². The van der Waals surface area contributed by atoms with Gasteiger partial charge in [-0.05, 0) is 30.3 Å². The third-order valence-electron chi connectivity index (χ3n) is 3.99. The van der Waals surface area contributed by atoms with Gasteiger partial charge in [0.2, 0.25) is 14.9 Å². The highest BCUT2D eigenvalue weighted by Crippen LogP contribution is 2.28.